The van der Waals surface area contributed by atoms with Crippen molar-refractivity contribution in [2.24, 2.45) is 4.99 Å². The number of aryl methyl sites for hydroxylation is 2. The van der Waals surface area contributed by atoms with Crippen molar-refractivity contribution < 1.29 is 14.3 Å². The number of benzene rings is 1. The van der Waals surface area contributed by atoms with Gasteiger partial charge in [0.15, 0.2) is 4.80 Å². The van der Waals surface area contributed by atoms with Crippen molar-refractivity contribution in [2.45, 2.75) is 72.3 Å². The normalized spacial score (nSPS) is 16.1. The summed E-state index contributed by atoms with van der Waals surface area (Å²) in [6.45, 7) is 8.01. The number of halogens is 1. The number of nitrogens with zero attached hydrogens (tertiary/aromatic N) is 4. The number of thiophene rings is 1. The first-order valence-electron chi connectivity index (χ1n) is 15.5. The summed E-state index contributed by atoms with van der Waals surface area (Å²) < 4.78 is 15.4. The molecule has 1 aliphatic carbocycles. The van der Waals surface area contributed by atoms with Crippen molar-refractivity contribution in [2.75, 3.05) is 13.7 Å². The highest BCUT2D eigenvalue weighted by Crippen LogP contribution is 2.40. The first-order valence-corrected chi connectivity index (χ1v) is 17.5. The quantitative estimate of drug-likeness (QED) is 0.200. The Bertz CT molecular complexity index is 2130. The fraction of sp³-hybridized carbons (Fsp3) is 0.371. The van der Waals surface area contributed by atoms with Crippen LogP contribution in [0.3, 0.4) is 0 Å². The summed E-state index contributed by atoms with van der Waals surface area (Å²) in [6, 6.07) is 8.88. The van der Waals surface area contributed by atoms with Crippen molar-refractivity contribution in [3.63, 3.8) is 0 Å². The van der Waals surface area contributed by atoms with Crippen molar-refractivity contribution in [3.05, 3.63) is 98.8 Å². The first-order chi connectivity index (χ1) is 22.2. The van der Waals surface area contributed by atoms with Crippen LogP contribution in [-0.2, 0) is 22.4 Å². The number of esters is 1. The van der Waals surface area contributed by atoms with Crippen LogP contribution in [-0.4, -0.2) is 28.8 Å². The molecule has 0 unspecified atom stereocenters. The van der Waals surface area contributed by atoms with Crippen LogP contribution in [0.4, 0.5) is 0 Å². The molecule has 0 saturated carbocycles. The summed E-state index contributed by atoms with van der Waals surface area (Å²) in [4.78, 5) is 34.6. The maximum atomic E-state index is 14.4. The summed E-state index contributed by atoms with van der Waals surface area (Å²) >= 11 is 9.47. The molecule has 6 rings (SSSR count). The minimum Gasteiger partial charge on any atom is -0.496 e. The number of hydrogen-bond acceptors (Lipinski definition) is 8. The summed E-state index contributed by atoms with van der Waals surface area (Å²) in [7, 11) is 1.55. The van der Waals surface area contributed by atoms with Crippen LogP contribution < -0.4 is 19.6 Å². The molecule has 0 radical (unpaired) electrons. The monoisotopic (exact) mass is 674 g/mol. The van der Waals surface area contributed by atoms with Gasteiger partial charge in [-0.2, -0.15) is 5.26 Å². The summed E-state index contributed by atoms with van der Waals surface area (Å²) in [5.41, 5.74) is 5.98. The second kappa shape index (κ2) is 13.1. The zero-order chi connectivity index (χ0) is 32.7. The van der Waals surface area contributed by atoms with Crippen LogP contribution in [0.1, 0.15) is 84.1 Å². The highest BCUT2D eigenvalue weighted by molar-refractivity contribution is 7.15. The third kappa shape index (κ3) is 5.44. The van der Waals surface area contributed by atoms with Crippen molar-refractivity contribution >= 4 is 46.3 Å². The van der Waals surface area contributed by atoms with E-state index in [1.54, 1.807) is 48.1 Å². The van der Waals surface area contributed by atoms with E-state index in [9.17, 15) is 14.9 Å². The highest BCUT2D eigenvalue weighted by Gasteiger charge is 2.36. The summed E-state index contributed by atoms with van der Waals surface area (Å²) in [5, 5.41) is 11.5. The Balaban J connectivity index is 1.56. The van der Waals surface area contributed by atoms with Crippen molar-refractivity contribution in [3.8, 4) is 16.8 Å². The Morgan fingerprint density at radius 2 is 1.98 bits per heavy atom. The van der Waals surface area contributed by atoms with Crippen LogP contribution in [0.25, 0.3) is 11.1 Å². The largest absolute Gasteiger partial charge is 0.496 e. The van der Waals surface area contributed by atoms with Gasteiger partial charge < -0.3 is 14.0 Å². The van der Waals surface area contributed by atoms with Gasteiger partial charge >= 0.3 is 5.97 Å². The number of allylic oxidation sites excluding steroid dienone is 1. The smallest absolute Gasteiger partial charge is 0.338 e. The Labute approximate surface area is 280 Å². The van der Waals surface area contributed by atoms with Crippen LogP contribution in [0.5, 0.6) is 5.75 Å². The average Bonchev–Trinajstić information content (AvgIpc) is 3.65. The molecule has 0 spiro atoms. The number of hydrogen-bond donors (Lipinski definition) is 0. The van der Waals surface area contributed by atoms with Crippen LogP contribution in [0, 0.1) is 25.2 Å². The molecule has 4 aromatic rings. The van der Waals surface area contributed by atoms with E-state index in [1.165, 1.54) is 21.8 Å². The molecule has 238 valence electrons. The van der Waals surface area contributed by atoms with Crippen molar-refractivity contribution in [1.29, 1.82) is 5.26 Å². The molecule has 8 nitrogen and oxygen atoms in total. The molecule has 2 aliphatic rings. The molecule has 0 bridgehead atoms. The zero-order valence-electron chi connectivity index (χ0n) is 26.5. The minimum atomic E-state index is -0.837. The SMILES string of the molecule is CCCC1=C(C(=O)OCC)[C@H](c2cc(Cl)ccc2OC)n2c(s/c(=C/c3cc(C)n(-c4sc5c(c4C#N)CCCC5)c3C)c2=O)=N1. The number of carbonyl (C=O) groups excluding carboxylic acids is 1. The van der Waals surface area contributed by atoms with Crippen LogP contribution in [0.15, 0.2) is 45.3 Å². The molecule has 1 aliphatic heterocycles. The molecular weight excluding hydrogens is 640 g/mol. The van der Waals surface area contributed by atoms with E-state index in [1.807, 2.05) is 26.8 Å². The molecule has 0 saturated heterocycles. The number of nitriles is 1. The van der Waals surface area contributed by atoms with E-state index in [0.717, 1.165) is 59.6 Å². The average molecular weight is 675 g/mol. The maximum absolute atomic E-state index is 14.4. The van der Waals surface area contributed by atoms with Gasteiger partial charge in [0.25, 0.3) is 5.56 Å². The van der Waals surface area contributed by atoms with E-state index in [4.69, 9.17) is 26.1 Å². The lowest BCUT2D eigenvalue weighted by Gasteiger charge is -2.27. The molecule has 4 heterocycles. The van der Waals surface area contributed by atoms with Gasteiger partial charge in [0.1, 0.15) is 22.9 Å². The van der Waals surface area contributed by atoms with E-state index >= 15 is 0 Å². The number of carbonyl (C=O) groups is 1. The fourth-order valence-corrected chi connectivity index (χ4v) is 9.19. The Hall–Kier alpha value is -3.91. The van der Waals surface area contributed by atoms with Crippen LogP contribution in [0.2, 0.25) is 5.02 Å². The topological polar surface area (TPSA) is 98.6 Å². The molecule has 3 aromatic heterocycles. The molecular formula is C35H35ClN4O4S2. The third-order valence-corrected chi connectivity index (χ3v) is 11.1. The number of thiazole rings is 1. The Morgan fingerprint density at radius 3 is 2.70 bits per heavy atom. The van der Waals surface area contributed by atoms with Gasteiger partial charge in [-0.3, -0.25) is 9.36 Å². The number of rotatable bonds is 8. The van der Waals surface area contributed by atoms with Gasteiger partial charge in [0, 0.05) is 26.9 Å². The maximum Gasteiger partial charge on any atom is 0.338 e. The standard InChI is InChI=1S/C35H35ClN4O4S2/c1-6-10-26-30(34(42)44-7-2)31(24-17-22(36)13-14-27(24)43-5)40-32(41)29(46-35(40)38-26)16-21-15-19(3)39(20(21)4)33-25(18-37)23-11-8-9-12-28(23)45-33/h13-17,31H,6-12H2,1-5H3/b29-16+/t31-/m0/s1. The molecule has 0 amide bonds. The molecule has 0 N–H and O–H groups in total. The lowest BCUT2D eigenvalue weighted by molar-refractivity contribution is -0.139. The molecule has 1 atom stereocenters. The van der Waals surface area contributed by atoms with Gasteiger partial charge in [-0.1, -0.05) is 36.3 Å². The second-order valence-corrected chi connectivity index (χ2v) is 14.0. The number of fused-ring (bicyclic) bond motifs is 2. The first kappa shape index (κ1) is 32.0. The predicted octanol–water partition coefficient (Wildman–Crippen LogP) is 6.46. The molecule has 11 heteroatoms. The van der Waals surface area contributed by atoms with E-state index in [-0.39, 0.29) is 12.2 Å². The predicted molar refractivity (Wildman–Crippen MR) is 182 cm³/mol. The summed E-state index contributed by atoms with van der Waals surface area (Å²) in [5.74, 6) is -0.0227. The Morgan fingerprint density at radius 1 is 1.20 bits per heavy atom. The van der Waals surface area contributed by atoms with Crippen LogP contribution >= 0.6 is 34.3 Å². The van der Waals surface area contributed by atoms with Gasteiger partial charge in [-0.25, -0.2) is 9.79 Å². The molecule has 0 fully saturated rings. The summed E-state index contributed by atoms with van der Waals surface area (Å²) in [6.07, 6.45) is 7.37. The lowest BCUT2D eigenvalue weighted by Crippen LogP contribution is -2.40. The van der Waals surface area contributed by atoms with E-state index in [0.29, 0.717) is 43.4 Å². The van der Waals surface area contributed by atoms with E-state index < -0.39 is 12.0 Å². The lowest BCUT2D eigenvalue weighted by atomic mass is 9.93. The highest BCUT2D eigenvalue weighted by atomic mass is 35.5. The van der Waals surface area contributed by atoms with Crippen molar-refractivity contribution in [1.82, 2.24) is 9.13 Å². The van der Waals surface area contributed by atoms with Gasteiger partial charge in [0.2, 0.25) is 0 Å². The Kier molecular flexibility index (Phi) is 9.10. The number of aromatic nitrogens is 2. The van der Waals surface area contributed by atoms with Gasteiger partial charge in [0.05, 0.1) is 35.1 Å². The number of ether oxygens (including phenoxy) is 2. The zero-order valence-corrected chi connectivity index (χ0v) is 28.9. The van der Waals surface area contributed by atoms with Gasteiger partial charge in [-0.05, 0) is 94.3 Å². The second-order valence-electron chi connectivity index (χ2n) is 11.5. The minimum absolute atomic E-state index is 0.182. The molecule has 1 aromatic carbocycles. The third-order valence-electron chi connectivity index (χ3n) is 8.60. The fourth-order valence-electron chi connectivity index (χ4n) is 6.55. The van der Waals surface area contributed by atoms with Gasteiger partial charge in [-0.15, -0.1) is 11.3 Å². The molecule has 46 heavy (non-hydrogen) atoms. The van der Waals surface area contributed by atoms with E-state index in [2.05, 4.69) is 16.7 Å². The number of methoxy groups -OCH3 is 1.